The van der Waals surface area contributed by atoms with Gasteiger partial charge >= 0.3 is 12.1 Å². The Morgan fingerprint density at radius 1 is 1.11 bits per heavy atom. The number of rotatable bonds is 2. The molecule has 0 saturated carbocycles. The molecule has 8 nitrogen and oxygen atoms in total. The molecule has 1 amide bonds. The van der Waals surface area contributed by atoms with Crippen molar-refractivity contribution in [2.45, 2.75) is 31.5 Å². The first-order valence-electron chi connectivity index (χ1n) is 8.51. The number of ether oxygens (including phenoxy) is 1. The second-order valence-electron chi connectivity index (χ2n) is 6.02. The van der Waals surface area contributed by atoms with Crippen LogP contribution in [-0.4, -0.2) is 76.9 Å². The predicted molar refractivity (Wildman–Crippen MR) is 88.1 cm³/mol. The number of amides is 1. The molecule has 150 valence electrons. The van der Waals surface area contributed by atoms with Gasteiger partial charge in [0.05, 0.1) is 0 Å². The Morgan fingerprint density at radius 2 is 1.78 bits per heavy atom. The van der Waals surface area contributed by atoms with Crippen LogP contribution in [0.4, 0.5) is 19.1 Å². The summed E-state index contributed by atoms with van der Waals surface area (Å²) in [4.78, 5) is 33.9. The minimum absolute atomic E-state index is 0.151. The molecule has 11 heteroatoms. The van der Waals surface area contributed by atoms with Crippen LogP contribution >= 0.6 is 0 Å². The second kappa shape index (κ2) is 9.49. The van der Waals surface area contributed by atoms with E-state index in [9.17, 15) is 18.0 Å². The molecule has 3 heterocycles. The Balaban J connectivity index is 0.000000321. The number of hydrogen-bond acceptors (Lipinski definition) is 6. The SMILES string of the molecule is O=C(C1CCCO1)N1CCCN(c2ncccn2)CC1.O=C(O)C(F)(F)F. The summed E-state index contributed by atoms with van der Waals surface area (Å²) >= 11 is 0. The summed E-state index contributed by atoms with van der Waals surface area (Å²) in [6, 6.07) is 1.81. The van der Waals surface area contributed by atoms with E-state index in [0.29, 0.717) is 6.61 Å². The Morgan fingerprint density at radius 3 is 2.33 bits per heavy atom. The van der Waals surface area contributed by atoms with Crippen LogP contribution in [0, 0.1) is 0 Å². The number of carboxylic acids is 1. The molecule has 0 aliphatic carbocycles. The van der Waals surface area contributed by atoms with E-state index in [0.717, 1.165) is 51.4 Å². The number of nitrogens with zero attached hydrogens (tertiary/aromatic N) is 4. The van der Waals surface area contributed by atoms with Crippen molar-refractivity contribution in [1.29, 1.82) is 0 Å². The van der Waals surface area contributed by atoms with Gasteiger partial charge in [-0.2, -0.15) is 13.2 Å². The number of carbonyl (C=O) groups excluding carboxylic acids is 1. The standard InChI is InChI=1S/C14H20N4O2.C2HF3O2/c19-13(12-4-1-11-20-12)17-7-3-8-18(10-9-17)14-15-5-2-6-16-14;3-2(4,5)1(6)7/h2,5-6,12H,1,3-4,7-11H2;(H,6,7). The third-order valence-corrected chi connectivity index (χ3v) is 4.09. The number of carboxylic acid groups (broad SMARTS) is 1. The molecule has 1 atom stereocenters. The smallest absolute Gasteiger partial charge is 0.475 e. The van der Waals surface area contributed by atoms with Crippen LogP contribution in [0.3, 0.4) is 0 Å². The maximum absolute atomic E-state index is 12.3. The molecule has 1 aromatic rings. The van der Waals surface area contributed by atoms with E-state index in [4.69, 9.17) is 14.6 Å². The lowest BCUT2D eigenvalue weighted by Gasteiger charge is -2.24. The van der Waals surface area contributed by atoms with Gasteiger partial charge in [-0.15, -0.1) is 0 Å². The van der Waals surface area contributed by atoms with E-state index in [-0.39, 0.29) is 12.0 Å². The average molecular weight is 390 g/mol. The van der Waals surface area contributed by atoms with Gasteiger partial charge in [-0.1, -0.05) is 0 Å². The highest BCUT2D eigenvalue weighted by Gasteiger charge is 2.38. The average Bonchev–Trinajstić information content (AvgIpc) is 3.06. The number of anilines is 1. The fraction of sp³-hybridized carbons (Fsp3) is 0.625. The van der Waals surface area contributed by atoms with E-state index in [1.165, 1.54) is 0 Å². The molecule has 2 fully saturated rings. The number of aliphatic carboxylic acids is 1. The summed E-state index contributed by atoms with van der Waals surface area (Å²) in [7, 11) is 0. The van der Waals surface area contributed by atoms with Crippen LogP contribution in [0.25, 0.3) is 0 Å². The molecule has 1 aromatic heterocycles. The van der Waals surface area contributed by atoms with E-state index in [1.54, 1.807) is 12.4 Å². The van der Waals surface area contributed by atoms with Crippen molar-refractivity contribution in [3.8, 4) is 0 Å². The Kier molecular flexibility index (Phi) is 7.34. The van der Waals surface area contributed by atoms with Crippen molar-refractivity contribution in [1.82, 2.24) is 14.9 Å². The molecular weight excluding hydrogens is 369 g/mol. The molecule has 2 saturated heterocycles. The number of carbonyl (C=O) groups is 2. The van der Waals surface area contributed by atoms with Gasteiger partial charge in [-0.3, -0.25) is 4.79 Å². The van der Waals surface area contributed by atoms with Gasteiger partial charge in [0.15, 0.2) is 0 Å². The summed E-state index contributed by atoms with van der Waals surface area (Å²) in [6.45, 7) is 3.90. The van der Waals surface area contributed by atoms with Crippen molar-refractivity contribution in [3.63, 3.8) is 0 Å². The number of halogens is 3. The van der Waals surface area contributed by atoms with Crippen molar-refractivity contribution in [2.75, 3.05) is 37.7 Å². The molecule has 27 heavy (non-hydrogen) atoms. The van der Waals surface area contributed by atoms with E-state index in [1.807, 2.05) is 11.0 Å². The molecule has 0 bridgehead atoms. The topological polar surface area (TPSA) is 95.9 Å². The van der Waals surface area contributed by atoms with Crippen LogP contribution in [0.5, 0.6) is 0 Å². The van der Waals surface area contributed by atoms with Crippen molar-refractivity contribution in [2.24, 2.45) is 0 Å². The first-order chi connectivity index (χ1) is 12.8. The highest BCUT2D eigenvalue weighted by molar-refractivity contribution is 5.81. The summed E-state index contributed by atoms with van der Waals surface area (Å²) < 4.78 is 37.2. The fourth-order valence-electron chi connectivity index (χ4n) is 2.77. The minimum atomic E-state index is -5.08. The van der Waals surface area contributed by atoms with E-state index in [2.05, 4.69) is 14.9 Å². The van der Waals surface area contributed by atoms with Gasteiger partial charge in [0.25, 0.3) is 5.91 Å². The molecular formula is C16H21F3N4O4. The quantitative estimate of drug-likeness (QED) is 0.814. The zero-order chi connectivity index (χ0) is 19.9. The minimum Gasteiger partial charge on any atom is -0.475 e. The molecule has 2 aliphatic rings. The molecule has 0 spiro atoms. The van der Waals surface area contributed by atoms with E-state index >= 15 is 0 Å². The van der Waals surface area contributed by atoms with Crippen molar-refractivity contribution in [3.05, 3.63) is 18.5 Å². The van der Waals surface area contributed by atoms with Crippen LogP contribution in [0.2, 0.25) is 0 Å². The second-order valence-corrected chi connectivity index (χ2v) is 6.02. The third kappa shape index (κ3) is 6.35. The number of aromatic nitrogens is 2. The van der Waals surface area contributed by atoms with Gasteiger partial charge in [-0.05, 0) is 25.3 Å². The largest absolute Gasteiger partial charge is 0.490 e. The van der Waals surface area contributed by atoms with Crippen LogP contribution in [-0.2, 0) is 14.3 Å². The number of hydrogen-bond donors (Lipinski definition) is 1. The first kappa shape index (κ1) is 20.9. The lowest BCUT2D eigenvalue weighted by Crippen LogP contribution is -2.41. The Hall–Kier alpha value is -2.43. The molecule has 1 unspecified atom stereocenters. The predicted octanol–water partition coefficient (Wildman–Crippen LogP) is 1.33. The van der Waals surface area contributed by atoms with Crippen LogP contribution < -0.4 is 4.90 Å². The monoisotopic (exact) mass is 390 g/mol. The maximum atomic E-state index is 12.3. The fourth-order valence-corrected chi connectivity index (χ4v) is 2.77. The van der Waals surface area contributed by atoms with Crippen LogP contribution in [0.1, 0.15) is 19.3 Å². The van der Waals surface area contributed by atoms with Gasteiger partial charge in [0.1, 0.15) is 6.10 Å². The van der Waals surface area contributed by atoms with Crippen LogP contribution in [0.15, 0.2) is 18.5 Å². The molecule has 2 aliphatic heterocycles. The van der Waals surface area contributed by atoms with Gasteiger partial charge in [0.2, 0.25) is 5.95 Å². The Labute approximate surface area is 153 Å². The Bertz CT molecular complexity index is 624. The third-order valence-electron chi connectivity index (χ3n) is 4.09. The first-order valence-corrected chi connectivity index (χ1v) is 8.51. The molecule has 0 radical (unpaired) electrons. The van der Waals surface area contributed by atoms with Gasteiger partial charge in [0, 0.05) is 45.2 Å². The lowest BCUT2D eigenvalue weighted by atomic mass is 10.2. The summed E-state index contributed by atoms with van der Waals surface area (Å²) in [6.07, 6.45) is 1.01. The van der Waals surface area contributed by atoms with Gasteiger partial charge < -0.3 is 19.6 Å². The highest BCUT2D eigenvalue weighted by Crippen LogP contribution is 2.17. The zero-order valence-electron chi connectivity index (χ0n) is 14.6. The molecule has 1 N–H and O–H groups in total. The van der Waals surface area contributed by atoms with E-state index < -0.39 is 12.1 Å². The summed E-state index contributed by atoms with van der Waals surface area (Å²) in [5.41, 5.74) is 0. The summed E-state index contributed by atoms with van der Waals surface area (Å²) in [5, 5.41) is 7.12. The number of alkyl halides is 3. The highest BCUT2D eigenvalue weighted by atomic mass is 19.4. The summed E-state index contributed by atoms with van der Waals surface area (Å²) in [5.74, 6) is -1.86. The van der Waals surface area contributed by atoms with Crippen molar-refractivity contribution >= 4 is 17.8 Å². The van der Waals surface area contributed by atoms with Crippen molar-refractivity contribution < 1.29 is 32.6 Å². The maximum Gasteiger partial charge on any atom is 0.490 e. The zero-order valence-corrected chi connectivity index (χ0v) is 14.6. The van der Waals surface area contributed by atoms with Gasteiger partial charge in [-0.25, -0.2) is 14.8 Å². The molecule has 0 aromatic carbocycles. The normalized spacial score (nSPS) is 20.5. The molecule has 3 rings (SSSR count). The lowest BCUT2D eigenvalue weighted by molar-refractivity contribution is -0.192.